The first-order valence-corrected chi connectivity index (χ1v) is 20.9. The predicted molar refractivity (Wildman–Crippen MR) is 218 cm³/mol. The Balaban J connectivity index is 1.08. The Kier molecular flexibility index (Phi) is 10.1. The fourth-order valence-corrected chi connectivity index (χ4v) is 10.8. The van der Waals surface area contributed by atoms with Gasteiger partial charge in [-0.3, -0.25) is 9.69 Å². The van der Waals surface area contributed by atoms with Crippen molar-refractivity contribution >= 4 is 33.4 Å². The summed E-state index contributed by atoms with van der Waals surface area (Å²) in [4.78, 5) is 33.4. The lowest BCUT2D eigenvalue weighted by molar-refractivity contribution is -0.134. The molecule has 5 heterocycles. The number of β-amino-alcohol motifs (C(OH)–C–C–N with tert-alkyl or cyclic N) is 1. The maximum absolute atomic E-state index is 17.4. The average molecular weight is 811 g/mol. The maximum atomic E-state index is 17.4. The van der Waals surface area contributed by atoms with E-state index in [0.29, 0.717) is 42.3 Å². The molecule has 5 aliphatic rings. The SMILES string of the molecule is C#Cc1c(F)ccc2cc(O)cc(-c3nc(OC)c4c(N5CCOC[C@@](C)(O)C5)nc(OC[C@]56CCC[C@H]5N(CC5[C@H]7CN(C(=O)C(C)C)C[C@@H]57)CCC6)nc4c3F)c12. The summed E-state index contributed by atoms with van der Waals surface area (Å²) in [6.45, 7) is 10.5. The molecule has 9 rings (SSSR count). The number of aromatic nitrogens is 3. The second kappa shape index (κ2) is 15.0. The van der Waals surface area contributed by atoms with Gasteiger partial charge in [0.2, 0.25) is 11.8 Å². The highest BCUT2D eigenvalue weighted by Gasteiger charge is 2.58. The monoisotopic (exact) mass is 810 g/mol. The van der Waals surface area contributed by atoms with Gasteiger partial charge in [0, 0.05) is 54.5 Å². The van der Waals surface area contributed by atoms with Crippen molar-refractivity contribution < 1.29 is 38.0 Å². The Morgan fingerprint density at radius 3 is 2.63 bits per heavy atom. The number of piperidine rings is 2. The van der Waals surface area contributed by atoms with Crippen molar-refractivity contribution in [1.82, 2.24) is 24.8 Å². The molecule has 312 valence electrons. The summed E-state index contributed by atoms with van der Waals surface area (Å²) in [6, 6.07) is 5.68. The van der Waals surface area contributed by atoms with Gasteiger partial charge in [-0.1, -0.05) is 32.3 Å². The minimum atomic E-state index is -1.26. The molecule has 2 saturated carbocycles. The number of carbonyl (C=O) groups is 1. The van der Waals surface area contributed by atoms with E-state index in [4.69, 9.17) is 30.6 Å². The zero-order valence-corrected chi connectivity index (χ0v) is 34.1. The number of hydrogen-bond donors (Lipinski definition) is 2. The molecule has 0 radical (unpaired) electrons. The number of fused-ring (bicyclic) bond motifs is 4. The Bertz CT molecular complexity index is 2360. The summed E-state index contributed by atoms with van der Waals surface area (Å²) in [5.74, 6) is 2.91. The van der Waals surface area contributed by atoms with E-state index in [1.807, 2.05) is 18.7 Å². The minimum Gasteiger partial charge on any atom is -0.508 e. The van der Waals surface area contributed by atoms with Gasteiger partial charge in [0.25, 0.3) is 0 Å². The molecular formula is C45H52F2N6O6. The van der Waals surface area contributed by atoms with E-state index >= 15 is 8.78 Å². The fraction of sp³-hybridized carbons (Fsp3) is 0.556. The number of methoxy groups -OCH3 is 1. The molecule has 2 aliphatic carbocycles. The number of halogens is 2. The lowest BCUT2D eigenvalue weighted by Gasteiger charge is -2.46. The lowest BCUT2D eigenvalue weighted by atomic mass is 9.75. The highest BCUT2D eigenvalue weighted by atomic mass is 19.1. The van der Waals surface area contributed by atoms with Gasteiger partial charge in [0.1, 0.15) is 39.6 Å². The van der Waals surface area contributed by atoms with Crippen LogP contribution in [-0.2, 0) is 9.53 Å². The Morgan fingerprint density at radius 1 is 1.10 bits per heavy atom. The molecule has 6 atom stereocenters. The van der Waals surface area contributed by atoms with Crippen molar-refractivity contribution in [2.75, 3.05) is 71.1 Å². The van der Waals surface area contributed by atoms with E-state index < -0.39 is 17.2 Å². The van der Waals surface area contributed by atoms with Gasteiger partial charge >= 0.3 is 6.01 Å². The third kappa shape index (κ3) is 6.98. The van der Waals surface area contributed by atoms with Crippen molar-refractivity contribution in [2.24, 2.45) is 29.1 Å². The number of aromatic hydroxyl groups is 1. The predicted octanol–water partition coefficient (Wildman–Crippen LogP) is 5.78. The number of ether oxygens (including phenoxy) is 3. The largest absolute Gasteiger partial charge is 0.508 e. The van der Waals surface area contributed by atoms with Gasteiger partial charge < -0.3 is 34.2 Å². The quantitative estimate of drug-likeness (QED) is 0.200. The van der Waals surface area contributed by atoms with Crippen LogP contribution in [0.15, 0.2) is 24.3 Å². The minimum absolute atomic E-state index is 0.0168. The number of nitrogens with zero attached hydrogens (tertiary/aromatic N) is 6. The second-order valence-corrected chi connectivity index (χ2v) is 18.0. The molecule has 3 aliphatic heterocycles. The van der Waals surface area contributed by atoms with Crippen LogP contribution in [0.1, 0.15) is 58.4 Å². The number of carbonyl (C=O) groups excluding carboxylic acids is 1. The molecule has 0 spiro atoms. The molecule has 2 N–H and O–H groups in total. The molecule has 3 saturated heterocycles. The van der Waals surface area contributed by atoms with E-state index in [1.165, 1.54) is 31.4 Å². The molecule has 1 amide bonds. The first kappa shape index (κ1) is 39.6. The molecule has 12 nitrogen and oxygen atoms in total. The van der Waals surface area contributed by atoms with Gasteiger partial charge in [-0.25, -0.2) is 13.8 Å². The number of phenolic OH excluding ortho intramolecular Hbond substituents is 1. The molecule has 4 aromatic rings. The van der Waals surface area contributed by atoms with Crippen molar-refractivity contribution in [2.45, 2.75) is 64.5 Å². The summed E-state index contributed by atoms with van der Waals surface area (Å²) in [6.07, 6.45) is 10.9. The molecular weight excluding hydrogens is 759 g/mol. The average Bonchev–Trinajstić information content (AvgIpc) is 3.48. The molecule has 59 heavy (non-hydrogen) atoms. The number of hydrogen-bond acceptors (Lipinski definition) is 11. The second-order valence-electron chi connectivity index (χ2n) is 18.0. The summed E-state index contributed by atoms with van der Waals surface area (Å²) in [5.41, 5.74) is -1.84. The van der Waals surface area contributed by atoms with Gasteiger partial charge in [-0.2, -0.15) is 9.97 Å². The third-order valence-corrected chi connectivity index (χ3v) is 13.6. The molecule has 2 aromatic carbocycles. The molecule has 2 aromatic heterocycles. The smallest absolute Gasteiger partial charge is 0.319 e. The van der Waals surface area contributed by atoms with E-state index in [0.717, 1.165) is 58.3 Å². The van der Waals surface area contributed by atoms with Gasteiger partial charge in [0.15, 0.2) is 5.82 Å². The number of amides is 1. The number of likely N-dealkylation sites (tertiary alicyclic amines) is 2. The maximum Gasteiger partial charge on any atom is 0.319 e. The van der Waals surface area contributed by atoms with Crippen molar-refractivity contribution in [3.05, 3.63) is 41.5 Å². The van der Waals surface area contributed by atoms with E-state index in [-0.39, 0.29) is 93.6 Å². The molecule has 0 bridgehead atoms. The van der Waals surface area contributed by atoms with Crippen LogP contribution in [0.3, 0.4) is 0 Å². The third-order valence-electron chi connectivity index (χ3n) is 13.6. The number of phenols is 1. The molecule has 1 unspecified atom stereocenters. The van der Waals surface area contributed by atoms with Crippen LogP contribution in [-0.4, -0.2) is 119 Å². The van der Waals surface area contributed by atoms with Crippen LogP contribution in [0.25, 0.3) is 32.9 Å². The summed E-state index contributed by atoms with van der Waals surface area (Å²) in [7, 11) is 1.40. The lowest BCUT2D eigenvalue weighted by Crippen LogP contribution is -2.52. The van der Waals surface area contributed by atoms with Crippen LogP contribution in [0, 0.1) is 53.1 Å². The van der Waals surface area contributed by atoms with E-state index in [1.54, 1.807) is 6.92 Å². The van der Waals surface area contributed by atoms with Crippen molar-refractivity contribution in [1.29, 1.82) is 0 Å². The number of aliphatic hydroxyl groups is 1. The zero-order chi connectivity index (χ0) is 41.4. The van der Waals surface area contributed by atoms with Crippen LogP contribution in [0.4, 0.5) is 14.6 Å². The topological polar surface area (TPSA) is 134 Å². The van der Waals surface area contributed by atoms with Crippen molar-refractivity contribution in [3.8, 4) is 41.2 Å². The standard InChI is InChI=1S/C45H52F2N6O6/c1-6-28-33(46)11-10-26-17-27(54)18-29(35(26)28)38-37(47)39-36(41(48-38)57-5)40(52-15-16-58-23-44(4,56)22-52)50-43(49-39)59-24-45-12-7-9-34(45)51(14-8-13-45)19-30-31-20-53(21-32(30)31)42(55)25(2)3/h1,10-11,17-18,25,30-32,34,54,56H,7-9,12-16,19-24H2,2-5H3/t30?,31-,32+,34-,44+,45-/m1/s1. The molecule has 5 fully saturated rings. The Labute approximate surface area is 342 Å². The Hall–Kier alpha value is -4.84. The molecule has 14 heteroatoms. The van der Waals surface area contributed by atoms with E-state index in [9.17, 15) is 15.0 Å². The first-order chi connectivity index (χ1) is 28.3. The van der Waals surface area contributed by atoms with Gasteiger partial charge in [-0.15, -0.1) is 6.42 Å². The van der Waals surface area contributed by atoms with Crippen LogP contribution < -0.4 is 14.4 Å². The van der Waals surface area contributed by atoms with Crippen LogP contribution >= 0.6 is 0 Å². The summed E-state index contributed by atoms with van der Waals surface area (Å²) >= 11 is 0. The highest BCUT2D eigenvalue weighted by molar-refractivity contribution is 6.04. The number of benzene rings is 2. The number of pyridine rings is 1. The Morgan fingerprint density at radius 2 is 1.88 bits per heavy atom. The fourth-order valence-electron chi connectivity index (χ4n) is 10.8. The zero-order valence-electron chi connectivity index (χ0n) is 34.1. The summed E-state index contributed by atoms with van der Waals surface area (Å²) < 4.78 is 50.7. The van der Waals surface area contributed by atoms with Crippen molar-refractivity contribution in [3.63, 3.8) is 0 Å². The van der Waals surface area contributed by atoms with Crippen LogP contribution in [0.2, 0.25) is 0 Å². The first-order valence-electron chi connectivity index (χ1n) is 20.9. The number of terminal acetylenes is 1. The number of anilines is 1. The van der Waals surface area contributed by atoms with E-state index in [2.05, 4.69) is 20.7 Å². The summed E-state index contributed by atoms with van der Waals surface area (Å²) in [5, 5.41) is 22.8. The highest BCUT2D eigenvalue weighted by Crippen LogP contribution is 2.55. The van der Waals surface area contributed by atoms with Crippen LogP contribution in [0.5, 0.6) is 17.6 Å². The number of rotatable bonds is 9. The van der Waals surface area contributed by atoms with Gasteiger partial charge in [0.05, 0.1) is 39.0 Å². The van der Waals surface area contributed by atoms with Gasteiger partial charge in [-0.05, 0) is 80.5 Å². The normalized spacial score (nSPS) is 28.1.